The van der Waals surface area contributed by atoms with E-state index in [1.807, 2.05) is 39.2 Å². The molecule has 7 heteroatoms. The van der Waals surface area contributed by atoms with Gasteiger partial charge in [-0.25, -0.2) is 0 Å². The summed E-state index contributed by atoms with van der Waals surface area (Å²) in [5, 5.41) is 13.5. The Morgan fingerprint density at radius 3 is 2.71 bits per heavy atom. The highest BCUT2D eigenvalue weighted by molar-refractivity contribution is 5.98. The highest BCUT2D eigenvalue weighted by atomic mass is 16.5. The van der Waals surface area contributed by atoms with Crippen LogP contribution in [-0.4, -0.2) is 41.6 Å². The molecule has 0 spiro atoms. The molecule has 1 aromatic carbocycles. The second-order valence-corrected chi connectivity index (χ2v) is 6.95. The zero-order valence-corrected chi connectivity index (χ0v) is 16.3. The van der Waals surface area contributed by atoms with Crippen LogP contribution in [0.3, 0.4) is 0 Å². The minimum Gasteiger partial charge on any atom is -0.488 e. The highest BCUT2D eigenvalue weighted by Gasteiger charge is 2.14. The van der Waals surface area contributed by atoms with Crippen LogP contribution in [0.1, 0.15) is 18.9 Å². The Labute approximate surface area is 164 Å². The van der Waals surface area contributed by atoms with Gasteiger partial charge in [0.05, 0.1) is 28.6 Å². The number of nitrogens with zero attached hydrogens (tertiary/aromatic N) is 4. The predicted octanol–water partition coefficient (Wildman–Crippen LogP) is 3.55. The van der Waals surface area contributed by atoms with Gasteiger partial charge in [-0.2, -0.15) is 5.26 Å². The number of nitrogens with one attached hydrogen (secondary N) is 1. The van der Waals surface area contributed by atoms with Crippen LogP contribution in [-0.2, 0) is 0 Å². The minimum atomic E-state index is 0.0231. The van der Waals surface area contributed by atoms with Gasteiger partial charge in [0.1, 0.15) is 11.8 Å². The summed E-state index contributed by atoms with van der Waals surface area (Å²) in [6.07, 6.45) is 5.84. The van der Waals surface area contributed by atoms with E-state index in [4.69, 9.17) is 10.5 Å². The van der Waals surface area contributed by atoms with E-state index in [0.717, 1.165) is 24.0 Å². The van der Waals surface area contributed by atoms with Crippen molar-refractivity contribution in [2.75, 3.05) is 31.7 Å². The van der Waals surface area contributed by atoms with Gasteiger partial charge >= 0.3 is 0 Å². The number of nitriles is 1. The summed E-state index contributed by atoms with van der Waals surface area (Å²) in [5.41, 5.74) is 9.42. The Hall–Kier alpha value is -3.37. The van der Waals surface area contributed by atoms with E-state index < -0.39 is 0 Å². The summed E-state index contributed by atoms with van der Waals surface area (Å²) >= 11 is 0. The molecule has 0 aliphatic rings. The fraction of sp³-hybridized carbons (Fsp3) is 0.286. The second-order valence-electron chi connectivity index (χ2n) is 6.95. The van der Waals surface area contributed by atoms with Gasteiger partial charge in [0.2, 0.25) is 0 Å². The van der Waals surface area contributed by atoms with E-state index in [-0.39, 0.29) is 6.10 Å². The van der Waals surface area contributed by atoms with Gasteiger partial charge in [0, 0.05) is 42.3 Å². The van der Waals surface area contributed by atoms with Gasteiger partial charge in [-0.3, -0.25) is 9.97 Å². The number of nitrogen functional groups attached to an aromatic ring is 1. The molecule has 2 aromatic heterocycles. The van der Waals surface area contributed by atoms with E-state index in [2.05, 4.69) is 26.3 Å². The van der Waals surface area contributed by atoms with Crippen LogP contribution in [0.25, 0.3) is 10.9 Å². The monoisotopic (exact) mass is 376 g/mol. The fourth-order valence-electron chi connectivity index (χ4n) is 2.85. The van der Waals surface area contributed by atoms with Gasteiger partial charge in [-0.15, -0.1) is 0 Å². The number of benzene rings is 1. The minimum absolute atomic E-state index is 0.0231. The maximum Gasteiger partial charge on any atom is 0.144 e. The third-order valence-electron chi connectivity index (χ3n) is 4.38. The molecule has 7 nitrogen and oxygen atoms in total. The molecule has 0 aliphatic carbocycles. The van der Waals surface area contributed by atoms with Crippen LogP contribution in [0, 0.1) is 11.3 Å². The van der Waals surface area contributed by atoms with Crippen molar-refractivity contribution < 1.29 is 4.74 Å². The maximum absolute atomic E-state index is 9.50. The Balaban J connectivity index is 1.96. The number of fused-ring (bicyclic) bond motifs is 1. The molecule has 0 saturated heterocycles. The molecule has 0 saturated carbocycles. The van der Waals surface area contributed by atoms with Gasteiger partial charge in [-0.1, -0.05) is 0 Å². The van der Waals surface area contributed by atoms with Gasteiger partial charge in [0.15, 0.2) is 0 Å². The molecule has 0 aliphatic heterocycles. The summed E-state index contributed by atoms with van der Waals surface area (Å²) in [5.74, 6) is 0.603. The van der Waals surface area contributed by atoms with Crippen molar-refractivity contribution in [3.8, 4) is 11.8 Å². The lowest BCUT2D eigenvalue weighted by atomic mass is 10.1. The van der Waals surface area contributed by atoms with Gasteiger partial charge in [-0.05, 0) is 45.6 Å². The van der Waals surface area contributed by atoms with Crippen LogP contribution < -0.4 is 15.8 Å². The maximum atomic E-state index is 9.50. The molecule has 1 atom stereocenters. The van der Waals surface area contributed by atoms with Crippen molar-refractivity contribution in [1.29, 1.82) is 5.26 Å². The lowest BCUT2D eigenvalue weighted by molar-refractivity contribution is 0.196. The van der Waals surface area contributed by atoms with Crippen LogP contribution in [0.2, 0.25) is 0 Å². The number of rotatable bonds is 7. The summed E-state index contributed by atoms with van der Waals surface area (Å²) in [7, 11) is 4.07. The Morgan fingerprint density at radius 1 is 1.29 bits per heavy atom. The Bertz CT molecular complexity index is 997. The molecule has 1 unspecified atom stereocenters. The first-order chi connectivity index (χ1) is 13.5. The number of ether oxygens (including phenoxy) is 1. The van der Waals surface area contributed by atoms with Crippen LogP contribution >= 0.6 is 0 Å². The van der Waals surface area contributed by atoms with Crippen molar-refractivity contribution in [3.05, 3.63) is 48.4 Å². The van der Waals surface area contributed by atoms with Crippen LogP contribution in [0.5, 0.6) is 5.75 Å². The molecule has 28 heavy (non-hydrogen) atoms. The summed E-state index contributed by atoms with van der Waals surface area (Å²) in [4.78, 5) is 10.5. The molecule has 3 N–H and O–H groups in total. The molecule has 144 valence electrons. The molecule has 0 radical (unpaired) electrons. The average Bonchev–Trinajstić information content (AvgIpc) is 2.68. The zero-order valence-electron chi connectivity index (χ0n) is 16.3. The number of anilines is 3. The number of aromatic nitrogens is 2. The lowest BCUT2D eigenvalue weighted by Crippen LogP contribution is -2.21. The molecule has 2 heterocycles. The zero-order chi connectivity index (χ0) is 20.1. The average molecular weight is 376 g/mol. The first kappa shape index (κ1) is 19.4. The molecule has 0 bridgehead atoms. The van der Waals surface area contributed by atoms with Crippen molar-refractivity contribution in [2.24, 2.45) is 0 Å². The first-order valence-electron chi connectivity index (χ1n) is 9.08. The number of pyridine rings is 2. The second kappa shape index (κ2) is 8.55. The van der Waals surface area contributed by atoms with Crippen LogP contribution in [0.4, 0.5) is 17.1 Å². The van der Waals surface area contributed by atoms with Gasteiger partial charge in [0.25, 0.3) is 0 Å². The third-order valence-corrected chi connectivity index (χ3v) is 4.38. The molecule has 3 rings (SSSR count). The highest BCUT2D eigenvalue weighted by Crippen LogP contribution is 2.35. The van der Waals surface area contributed by atoms with Gasteiger partial charge < -0.3 is 20.7 Å². The molecular formula is C21H24N6O. The van der Waals surface area contributed by atoms with Crippen molar-refractivity contribution in [1.82, 2.24) is 14.9 Å². The van der Waals surface area contributed by atoms with E-state index in [1.54, 1.807) is 24.7 Å². The predicted molar refractivity (Wildman–Crippen MR) is 112 cm³/mol. The Morgan fingerprint density at radius 2 is 2.04 bits per heavy atom. The molecular weight excluding hydrogens is 352 g/mol. The standard InChI is InChI=1S/C21H24N6O/c1-14(6-9-27(2)3)28-20-11-19-17(10-18(20)23)21(15(12-22)13-25-19)26-16-4-7-24-8-5-16/h4-5,7-8,10-11,13-14H,6,9,23H2,1-3H3,(H,24,25,26). The van der Waals surface area contributed by atoms with Crippen molar-refractivity contribution in [2.45, 2.75) is 19.4 Å². The van der Waals surface area contributed by atoms with E-state index in [9.17, 15) is 5.26 Å². The SMILES string of the molecule is CC(CCN(C)C)Oc1cc2ncc(C#N)c(Nc3ccncc3)c2cc1N. The van der Waals surface area contributed by atoms with Crippen molar-refractivity contribution in [3.63, 3.8) is 0 Å². The Kier molecular flexibility index (Phi) is 5.92. The topological polar surface area (TPSA) is 100 Å². The first-order valence-corrected chi connectivity index (χ1v) is 9.08. The third kappa shape index (κ3) is 4.48. The van der Waals surface area contributed by atoms with E-state index in [1.165, 1.54) is 0 Å². The lowest BCUT2D eigenvalue weighted by Gasteiger charge is -2.19. The molecule has 3 aromatic rings. The normalized spacial score (nSPS) is 12.0. The molecule has 0 amide bonds. The largest absolute Gasteiger partial charge is 0.488 e. The summed E-state index contributed by atoms with van der Waals surface area (Å²) in [6.45, 7) is 2.95. The summed E-state index contributed by atoms with van der Waals surface area (Å²) in [6, 6.07) is 9.49. The van der Waals surface area contributed by atoms with Crippen molar-refractivity contribution >= 4 is 28.0 Å². The molecule has 0 fully saturated rings. The van der Waals surface area contributed by atoms with E-state index in [0.29, 0.717) is 28.2 Å². The number of hydrogen-bond donors (Lipinski definition) is 2. The number of nitrogens with two attached hydrogens (primary N) is 1. The smallest absolute Gasteiger partial charge is 0.144 e. The van der Waals surface area contributed by atoms with E-state index >= 15 is 0 Å². The summed E-state index contributed by atoms with van der Waals surface area (Å²) < 4.78 is 6.03. The quantitative estimate of drug-likeness (QED) is 0.608. The van der Waals surface area contributed by atoms with Crippen LogP contribution in [0.15, 0.2) is 42.9 Å². The number of hydrogen-bond acceptors (Lipinski definition) is 7. The fourth-order valence-corrected chi connectivity index (χ4v) is 2.85.